The third kappa shape index (κ3) is 4.81. The highest BCUT2D eigenvalue weighted by Crippen LogP contribution is 2.13. The molecule has 0 aromatic heterocycles. The molecule has 5 nitrogen and oxygen atoms in total. The number of halogens is 1. The number of carbonyl (C=O) groups is 2. The molecule has 0 aliphatic heterocycles. The third-order valence-electron chi connectivity index (χ3n) is 3.13. The van der Waals surface area contributed by atoms with Crippen molar-refractivity contribution in [2.24, 2.45) is 0 Å². The zero-order chi connectivity index (χ0) is 17.5. The molecule has 1 unspecified atom stereocenters. The molecule has 2 rings (SSSR count). The van der Waals surface area contributed by atoms with Gasteiger partial charge in [0.05, 0.1) is 18.2 Å². The summed E-state index contributed by atoms with van der Waals surface area (Å²) < 4.78 is 28.2. The SMILES string of the molecule is COC(=O)c1ccc(C(=O)OC(C)COc2cccc(F)c2)cc1. The Morgan fingerprint density at radius 2 is 1.67 bits per heavy atom. The lowest BCUT2D eigenvalue weighted by molar-refractivity contribution is 0.0228. The predicted molar refractivity (Wildman–Crippen MR) is 84.6 cm³/mol. The van der Waals surface area contributed by atoms with Crippen LogP contribution in [0.2, 0.25) is 0 Å². The molecule has 0 spiro atoms. The predicted octanol–water partition coefficient (Wildman–Crippen LogP) is 3.24. The van der Waals surface area contributed by atoms with Crippen molar-refractivity contribution >= 4 is 11.9 Å². The van der Waals surface area contributed by atoms with Crippen molar-refractivity contribution < 1.29 is 28.2 Å². The van der Waals surface area contributed by atoms with Gasteiger partial charge >= 0.3 is 11.9 Å². The Bertz CT molecular complexity index is 712. The van der Waals surface area contributed by atoms with Gasteiger partial charge in [-0.3, -0.25) is 0 Å². The van der Waals surface area contributed by atoms with E-state index in [-0.39, 0.29) is 6.61 Å². The Morgan fingerprint density at radius 3 is 2.25 bits per heavy atom. The molecular formula is C18H17FO5. The van der Waals surface area contributed by atoms with Crippen LogP contribution in [-0.4, -0.2) is 31.8 Å². The molecule has 126 valence electrons. The van der Waals surface area contributed by atoms with Gasteiger partial charge in [-0.2, -0.15) is 0 Å². The summed E-state index contributed by atoms with van der Waals surface area (Å²) in [5.74, 6) is -1.06. The first-order chi connectivity index (χ1) is 11.5. The Labute approximate surface area is 139 Å². The average molecular weight is 332 g/mol. The zero-order valence-electron chi connectivity index (χ0n) is 13.3. The number of benzene rings is 2. The fourth-order valence-electron chi connectivity index (χ4n) is 1.92. The summed E-state index contributed by atoms with van der Waals surface area (Å²) in [4.78, 5) is 23.4. The summed E-state index contributed by atoms with van der Waals surface area (Å²) in [6, 6.07) is 11.6. The molecule has 24 heavy (non-hydrogen) atoms. The first-order valence-electron chi connectivity index (χ1n) is 7.27. The number of esters is 2. The van der Waals surface area contributed by atoms with E-state index in [1.807, 2.05) is 0 Å². The minimum atomic E-state index is -0.540. The fraction of sp³-hybridized carbons (Fsp3) is 0.222. The second kappa shape index (κ2) is 8.10. The molecule has 0 aliphatic carbocycles. The molecule has 0 fully saturated rings. The first-order valence-corrected chi connectivity index (χ1v) is 7.27. The zero-order valence-corrected chi connectivity index (χ0v) is 13.3. The van der Waals surface area contributed by atoms with Gasteiger partial charge in [0.25, 0.3) is 0 Å². The van der Waals surface area contributed by atoms with Crippen molar-refractivity contribution in [1.82, 2.24) is 0 Å². The molecule has 2 aromatic carbocycles. The van der Waals surface area contributed by atoms with Crippen LogP contribution in [0.1, 0.15) is 27.6 Å². The van der Waals surface area contributed by atoms with Gasteiger partial charge in [0.1, 0.15) is 24.3 Å². The van der Waals surface area contributed by atoms with Crippen molar-refractivity contribution in [2.75, 3.05) is 13.7 Å². The van der Waals surface area contributed by atoms with Crippen molar-refractivity contribution in [3.8, 4) is 5.75 Å². The highest BCUT2D eigenvalue weighted by Gasteiger charge is 2.14. The standard InChI is InChI=1S/C18H17FO5/c1-12(11-23-16-5-3-4-15(19)10-16)24-18(21)14-8-6-13(7-9-14)17(20)22-2/h3-10,12H,11H2,1-2H3. The highest BCUT2D eigenvalue weighted by atomic mass is 19.1. The van der Waals surface area contributed by atoms with E-state index in [9.17, 15) is 14.0 Å². The van der Waals surface area contributed by atoms with Gasteiger partial charge in [-0.15, -0.1) is 0 Å². The van der Waals surface area contributed by atoms with E-state index in [0.717, 1.165) is 0 Å². The van der Waals surface area contributed by atoms with Crippen LogP contribution in [-0.2, 0) is 9.47 Å². The molecule has 0 heterocycles. The third-order valence-corrected chi connectivity index (χ3v) is 3.13. The molecule has 0 saturated heterocycles. The van der Waals surface area contributed by atoms with E-state index in [4.69, 9.17) is 9.47 Å². The topological polar surface area (TPSA) is 61.8 Å². The van der Waals surface area contributed by atoms with Gasteiger partial charge in [-0.25, -0.2) is 14.0 Å². The van der Waals surface area contributed by atoms with Crippen LogP contribution in [0.15, 0.2) is 48.5 Å². The fourth-order valence-corrected chi connectivity index (χ4v) is 1.92. The van der Waals surface area contributed by atoms with Gasteiger partial charge in [-0.1, -0.05) is 6.07 Å². The van der Waals surface area contributed by atoms with Gasteiger partial charge < -0.3 is 14.2 Å². The maximum Gasteiger partial charge on any atom is 0.338 e. The number of ether oxygens (including phenoxy) is 3. The van der Waals surface area contributed by atoms with Crippen molar-refractivity contribution in [3.05, 3.63) is 65.5 Å². The Morgan fingerprint density at radius 1 is 1.04 bits per heavy atom. The Hall–Kier alpha value is -2.89. The van der Waals surface area contributed by atoms with Crippen molar-refractivity contribution in [1.29, 1.82) is 0 Å². The maximum atomic E-state index is 13.0. The highest BCUT2D eigenvalue weighted by molar-refractivity contribution is 5.93. The molecule has 0 amide bonds. The molecule has 0 saturated carbocycles. The van der Waals surface area contributed by atoms with Crippen LogP contribution in [0, 0.1) is 5.82 Å². The van der Waals surface area contributed by atoms with E-state index in [2.05, 4.69) is 4.74 Å². The lowest BCUT2D eigenvalue weighted by Gasteiger charge is -2.14. The summed E-state index contributed by atoms with van der Waals surface area (Å²) in [7, 11) is 1.28. The number of carbonyl (C=O) groups excluding carboxylic acids is 2. The van der Waals surface area contributed by atoms with Gasteiger partial charge in [-0.05, 0) is 43.3 Å². The molecule has 0 bridgehead atoms. The number of hydrogen-bond acceptors (Lipinski definition) is 5. The summed E-state index contributed by atoms with van der Waals surface area (Å²) in [5, 5.41) is 0. The summed E-state index contributed by atoms with van der Waals surface area (Å²) in [6.45, 7) is 1.76. The van der Waals surface area contributed by atoms with Crippen LogP contribution < -0.4 is 4.74 Å². The molecule has 6 heteroatoms. The van der Waals surface area contributed by atoms with Gasteiger partial charge in [0.2, 0.25) is 0 Å². The Kier molecular flexibility index (Phi) is 5.89. The van der Waals surface area contributed by atoms with Gasteiger partial charge in [0.15, 0.2) is 0 Å². The Balaban J connectivity index is 1.88. The van der Waals surface area contributed by atoms with E-state index >= 15 is 0 Å². The van der Waals surface area contributed by atoms with Crippen LogP contribution in [0.25, 0.3) is 0 Å². The second-order valence-electron chi connectivity index (χ2n) is 5.05. The smallest absolute Gasteiger partial charge is 0.338 e. The lowest BCUT2D eigenvalue weighted by atomic mass is 10.1. The first kappa shape index (κ1) is 17.5. The molecular weight excluding hydrogens is 315 g/mol. The van der Waals surface area contributed by atoms with E-state index in [1.165, 1.54) is 49.6 Å². The minimum absolute atomic E-state index is 0.0927. The summed E-state index contributed by atoms with van der Waals surface area (Å²) in [6.07, 6.45) is -0.527. The summed E-state index contributed by atoms with van der Waals surface area (Å²) >= 11 is 0. The quantitative estimate of drug-likeness (QED) is 0.760. The molecule has 0 N–H and O–H groups in total. The molecule has 0 aliphatic rings. The van der Waals surface area contributed by atoms with E-state index in [1.54, 1.807) is 13.0 Å². The average Bonchev–Trinajstić information content (AvgIpc) is 2.59. The number of hydrogen-bond donors (Lipinski definition) is 0. The summed E-state index contributed by atoms with van der Waals surface area (Å²) in [5.41, 5.74) is 0.650. The van der Waals surface area contributed by atoms with Gasteiger partial charge in [0, 0.05) is 6.07 Å². The number of methoxy groups -OCH3 is 1. The second-order valence-corrected chi connectivity index (χ2v) is 5.05. The van der Waals surface area contributed by atoms with Crippen LogP contribution in [0.3, 0.4) is 0 Å². The maximum absolute atomic E-state index is 13.0. The monoisotopic (exact) mass is 332 g/mol. The molecule has 0 radical (unpaired) electrons. The largest absolute Gasteiger partial charge is 0.490 e. The van der Waals surface area contributed by atoms with Crippen LogP contribution >= 0.6 is 0 Å². The number of rotatable bonds is 6. The van der Waals surface area contributed by atoms with Crippen LogP contribution in [0.4, 0.5) is 4.39 Å². The van der Waals surface area contributed by atoms with Crippen molar-refractivity contribution in [3.63, 3.8) is 0 Å². The molecule has 2 aromatic rings. The van der Waals surface area contributed by atoms with Crippen LogP contribution in [0.5, 0.6) is 5.75 Å². The normalized spacial score (nSPS) is 11.5. The van der Waals surface area contributed by atoms with E-state index < -0.39 is 23.9 Å². The van der Waals surface area contributed by atoms with E-state index in [0.29, 0.717) is 16.9 Å². The van der Waals surface area contributed by atoms with Crippen molar-refractivity contribution in [2.45, 2.75) is 13.0 Å². The molecule has 1 atom stereocenters. The minimum Gasteiger partial charge on any atom is -0.490 e. The lowest BCUT2D eigenvalue weighted by Crippen LogP contribution is -2.22.